The third kappa shape index (κ3) is 5.19. The minimum absolute atomic E-state index is 0.0162. The highest BCUT2D eigenvalue weighted by Gasteiger charge is 2.13. The van der Waals surface area contributed by atoms with Crippen molar-refractivity contribution in [2.24, 2.45) is 0 Å². The van der Waals surface area contributed by atoms with Crippen LogP contribution in [0, 0.1) is 5.82 Å². The number of benzene rings is 1. The number of nitrogens with one attached hydrogen (secondary N) is 1. The van der Waals surface area contributed by atoms with Gasteiger partial charge in [-0.3, -0.25) is 0 Å². The molecule has 1 aromatic carbocycles. The van der Waals surface area contributed by atoms with Gasteiger partial charge in [0.25, 0.3) is 0 Å². The van der Waals surface area contributed by atoms with Gasteiger partial charge in [-0.05, 0) is 26.3 Å². The summed E-state index contributed by atoms with van der Waals surface area (Å²) < 4.78 is 18.9. The third-order valence-electron chi connectivity index (χ3n) is 3.45. The van der Waals surface area contributed by atoms with Crippen LogP contribution in [0.1, 0.15) is 58.1 Å². The summed E-state index contributed by atoms with van der Waals surface area (Å²) in [6.45, 7) is 6.36. The quantitative estimate of drug-likeness (QED) is 0.702. The predicted octanol–water partition coefficient (Wildman–Crippen LogP) is 4.45. The van der Waals surface area contributed by atoms with Crippen LogP contribution in [0.3, 0.4) is 0 Å². The Morgan fingerprint density at radius 3 is 2.58 bits per heavy atom. The molecule has 1 rings (SSSR count). The normalized spacial score (nSPS) is 14.2. The zero-order chi connectivity index (χ0) is 14.3. The predicted molar refractivity (Wildman–Crippen MR) is 78.1 cm³/mol. The molecule has 1 N–H and O–H groups in total. The summed E-state index contributed by atoms with van der Waals surface area (Å²) in [6.07, 6.45) is 4.85. The molecule has 0 saturated carbocycles. The third-order valence-corrected chi connectivity index (χ3v) is 3.45. The van der Waals surface area contributed by atoms with E-state index >= 15 is 0 Å². The fourth-order valence-corrected chi connectivity index (χ4v) is 2.29. The highest BCUT2D eigenvalue weighted by atomic mass is 19.1. The molecule has 3 heteroatoms. The molecule has 2 unspecified atom stereocenters. The van der Waals surface area contributed by atoms with E-state index in [2.05, 4.69) is 19.2 Å². The van der Waals surface area contributed by atoms with Crippen LogP contribution in [0.2, 0.25) is 0 Å². The van der Waals surface area contributed by atoms with Gasteiger partial charge in [-0.1, -0.05) is 32.3 Å². The maximum absolute atomic E-state index is 13.9. The van der Waals surface area contributed by atoms with Crippen molar-refractivity contribution in [2.75, 3.05) is 7.11 Å². The van der Waals surface area contributed by atoms with Crippen molar-refractivity contribution in [2.45, 2.75) is 58.5 Å². The van der Waals surface area contributed by atoms with Gasteiger partial charge in [0.15, 0.2) is 0 Å². The fraction of sp³-hybridized carbons (Fsp3) is 0.625. The molecule has 0 amide bonds. The molecule has 0 aromatic heterocycles. The van der Waals surface area contributed by atoms with E-state index in [1.807, 2.05) is 6.92 Å². The van der Waals surface area contributed by atoms with Crippen LogP contribution in [0.4, 0.5) is 4.39 Å². The van der Waals surface area contributed by atoms with E-state index in [0.29, 0.717) is 17.4 Å². The van der Waals surface area contributed by atoms with E-state index in [9.17, 15) is 4.39 Å². The van der Waals surface area contributed by atoms with Crippen LogP contribution in [-0.2, 0) is 0 Å². The van der Waals surface area contributed by atoms with Gasteiger partial charge >= 0.3 is 0 Å². The fourth-order valence-electron chi connectivity index (χ4n) is 2.29. The zero-order valence-electron chi connectivity index (χ0n) is 12.5. The molecular weight excluding hydrogens is 241 g/mol. The molecule has 0 bridgehead atoms. The number of hydrogen-bond acceptors (Lipinski definition) is 2. The highest BCUT2D eigenvalue weighted by Crippen LogP contribution is 2.22. The second-order valence-corrected chi connectivity index (χ2v) is 5.17. The van der Waals surface area contributed by atoms with Gasteiger partial charge in [-0.25, -0.2) is 4.39 Å². The molecule has 2 atom stereocenters. The van der Waals surface area contributed by atoms with E-state index < -0.39 is 0 Å². The number of hydrogen-bond donors (Lipinski definition) is 1. The monoisotopic (exact) mass is 267 g/mol. The number of methoxy groups -OCH3 is 1. The SMILES string of the molecule is CCCCCC(C)NC(C)c1ccc(OC)cc1F. The van der Waals surface area contributed by atoms with Crippen molar-refractivity contribution in [3.8, 4) is 5.75 Å². The van der Waals surface area contributed by atoms with E-state index in [-0.39, 0.29) is 11.9 Å². The Morgan fingerprint density at radius 1 is 1.26 bits per heavy atom. The molecule has 0 spiro atoms. The zero-order valence-corrected chi connectivity index (χ0v) is 12.5. The molecular formula is C16H26FNO. The summed E-state index contributed by atoms with van der Waals surface area (Å²) in [5.41, 5.74) is 0.697. The first kappa shape index (κ1) is 16.0. The van der Waals surface area contributed by atoms with Crippen molar-refractivity contribution < 1.29 is 9.13 Å². The summed E-state index contributed by atoms with van der Waals surface area (Å²) >= 11 is 0. The van der Waals surface area contributed by atoms with Crippen molar-refractivity contribution in [3.05, 3.63) is 29.6 Å². The van der Waals surface area contributed by atoms with Crippen LogP contribution < -0.4 is 10.1 Å². The molecule has 1 aromatic rings. The maximum atomic E-state index is 13.9. The molecule has 0 fully saturated rings. The first-order valence-corrected chi connectivity index (χ1v) is 7.18. The van der Waals surface area contributed by atoms with E-state index in [1.54, 1.807) is 19.2 Å². The van der Waals surface area contributed by atoms with Crippen LogP contribution >= 0.6 is 0 Å². The average molecular weight is 267 g/mol. The van der Waals surface area contributed by atoms with Crippen LogP contribution in [0.15, 0.2) is 18.2 Å². The number of ether oxygens (including phenoxy) is 1. The lowest BCUT2D eigenvalue weighted by Gasteiger charge is -2.21. The number of rotatable bonds is 8. The second kappa shape index (κ2) is 8.16. The van der Waals surface area contributed by atoms with E-state index in [0.717, 1.165) is 6.42 Å². The van der Waals surface area contributed by atoms with Crippen molar-refractivity contribution in [3.63, 3.8) is 0 Å². The van der Waals surface area contributed by atoms with Gasteiger partial charge in [0.1, 0.15) is 11.6 Å². The first-order valence-electron chi connectivity index (χ1n) is 7.18. The lowest BCUT2D eigenvalue weighted by molar-refractivity contribution is 0.406. The van der Waals surface area contributed by atoms with Crippen molar-refractivity contribution in [1.29, 1.82) is 0 Å². The highest BCUT2D eigenvalue weighted by molar-refractivity contribution is 5.30. The van der Waals surface area contributed by atoms with Gasteiger partial charge in [0, 0.05) is 23.7 Å². The largest absolute Gasteiger partial charge is 0.497 e. The molecule has 0 aliphatic carbocycles. The summed E-state index contributed by atoms with van der Waals surface area (Å²) in [6, 6.07) is 5.46. The van der Waals surface area contributed by atoms with Crippen molar-refractivity contribution in [1.82, 2.24) is 5.32 Å². The minimum Gasteiger partial charge on any atom is -0.497 e. The molecule has 2 nitrogen and oxygen atoms in total. The van der Waals surface area contributed by atoms with E-state index in [1.165, 1.54) is 25.3 Å². The van der Waals surface area contributed by atoms with Crippen LogP contribution in [0.5, 0.6) is 5.75 Å². The minimum atomic E-state index is -0.208. The summed E-state index contributed by atoms with van der Waals surface area (Å²) in [4.78, 5) is 0. The first-order chi connectivity index (χ1) is 9.08. The Morgan fingerprint density at radius 2 is 2.00 bits per heavy atom. The Kier molecular flexibility index (Phi) is 6.85. The molecule has 0 saturated heterocycles. The smallest absolute Gasteiger partial charge is 0.131 e. The molecule has 0 heterocycles. The van der Waals surface area contributed by atoms with Crippen LogP contribution in [-0.4, -0.2) is 13.2 Å². The number of unbranched alkanes of at least 4 members (excludes halogenated alkanes) is 2. The van der Waals surface area contributed by atoms with Gasteiger partial charge in [0.05, 0.1) is 7.11 Å². The van der Waals surface area contributed by atoms with Gasteiger partial charge in [-0.2, -0.15) is 0 Å². The van der Waals surface area contributed by atoms with E-state index in [4.69, 9.17) is 4.74 Å². The molecule has 0 aliphatic heterocycles. The van der Waals surface area contributed by atoms with Gasteiger partial charge < -0.3 is 10.1 Å². The summed E-state index contributed by atoms with van der Waals surface area (Å²) in [5.74, 6) is 0.351. The van der Waals surface area contributed by atoms with Crippen molar-refractivity contribution >= 4 is 0 Å². The van der Waals surface area contributed by atoms with Gasteiger partial charge in [0.2, 0.25) is 0 Å². The van der Waals surface area contributed by atoms with Crippen LogP contribution in [0.25, 0.3) is 0 Å². The Bertz CT molecular complexity index is 381. The summed E-state index contributed by atoms with van der Waals surface area (Å²) in [7, 11) is 1.55. The lowest BCUT2D eigenvalue weighted by atomic mass is 10.0. The molecule has 19 heavy (non-hydrogen) atoms. The topological polar surface area (TPSA) is 21.3 Å². The second-order valence-electron chi connectivity index (χ2n) is 5.17. The standard InChI is InChI=1S/C16H26FNO/c1-5-6-7-8-12(2)18-13(3)15-10-9-14(19-4)11-16(15)17/h9-13,18H,5-8H2,1-4H3. The molecule has 0 aliphatic rings. The lowest BCUT2D eigenvalue weighted by Crippen LogP contribution is -2.29. The Labute approximate surface area is 116 Å². The Hall–Kier alpha value is -1.09. The summed E-state index contributed by atoms with van der Waals surface area (Å²) in [5, 5.41) is 3.45. The Balaban J connectivity index is 2.55. The average Bonchev–Trinajstić information content (AvgIpc) is 2.38. The number of halogens is 1. The molecule has 108 valence electrons. The maximum Gasteiger partial charge on any atom is 0.131 e. The van der Waals surface area contributed by atoms with Gasteiger partial charge in [-0.15, -0.1) is 0 Å². The molecule has 0 radical (unpaired) electrons.